The van der Waals surface area contributed by atoms with E-state index in [4.69, 9.17) is 15.3 Å². The van der Waals surface area contributed by atoms with E-state index in [1.54, 1.807) is 5.38 Å². The van der Waals surface area contributed by atoms with Crippen molar-refractivity contribution in [1.29, 1.82) is 0 Å². The SMILES string of the molecule is Cc1nnsc1CSC1=C(C(=O)OC(c2ccccc2)c2ccccc2)N2C(=O)[C@@H](NC(=O)/C(=N\OC(c3ccccc3)(c3ccccc3)c3ccccc3)c3csc(N)n3)[C@@H]2SC1. The third kappa shape index (κ3) is 8.56. The standard InChI is InChI=1S/C48H39N7O5S4/c1-30-37(64-54-52-30)28-61-38-29-62-45-40(44(57)55(45)41(38)46(58)59-42(31-17-7-2-8-18-31)32-19-9-3-10-20-32)51-43(56)39(36-27-63-47(49)50-36)53-60-48(33-21-11-4-12-22-33,34-23-13-5-14-24-34)35-25-15-6-16-26-35/h2-27,40,42,45H,28-29H2,1H3,(H2,49,50)(H,51,56)/b53-39-/t40-,45+/m1/s1. The monoisotopic (exact) mass is 921 g/mol. The highest BCUT2D eigenvalue weighted by molar-refractivity contribution is 8.05. The first-order valence-corrected chi connectivity index (χ1v) is 23.8. The number of rotatable bonds is 15. The molecule has 16 heteroatoms. The van der Waals surface area contributed by atoms with Gasteiger partial charge in [-0.15, -0.1) is 40.0 Å². The van der Waals surface area contributed by atoms with Crippen molar-refractivity contribution in [1.82, 2.24) is 24.8 Å². The van der Waals surface area contributed by atoms with Crippen molar-refractivity contribution >= 4 is 75.0 Å². The second-order valence-corrected chi connectivity index (χ2v) is 18.6. The van der Waals surface area contributed by atoms with Gasteiger partial charge in [0.05, 0.1) is 10.6 Å². The van der Waals surface area contributed by atoms with E-state index < -0.39 is 40.9 Å². The number of aromatic nitrogens is 3. The molecule has 1 fully saturated rings. The number of amides is 2. The molecule has 3 N–H and O–H groups in total. The van der Waals surface area contributed by atoms with Crippen LogP contribution < -0.4 is 11.1 Å². The minimum atomic E-state index is -1.31. The van der Waals surface area contributed by atoms with Crippen LogP contribution in [0.2, 0.25) is 0 Å². The summed E-state index contributed by atoms with van der Waals surface area (Å²) in [4.78, 5) is 57.9. The third-order valence-electron chi connectivity index (χ3n) is 10.8. The van der Waals surface area contributed by atoms with Crippen molar-refractivity contribution < 1.29 is 24.0 Å². The normalized spacial score (nSPS) is 16.2. The molecule has 2 aliphatic heterocycles. The molecule has 1 saturated heterocycles. The number of esters is 1. The minimum Gasteiger partial charge on any atom is -0.448 e. The Morgan fingerprint density at radius 2 is 1.41 bits per heavy atom. The molecule has 5 aromatic carbocycles. The summed E-state index contributed by atoms with van der Waals surface area (Å²) in [6.45, 7) is 1.89. The Morgan fingerprint density at radius 1 is 0.859 bits per heavy atom. The lowest BCUT2D eigenvalue weighted by Crippen LogP contribution is -2.71. The molecule has 4 heterocycles. The fourth-order valence-electron chi connectivity index (χ4n) is 7.58. The number of thioether (sulfide) groups is 2. The molecule has 2 aromatic heterocycles. The predicted octanol–water partition coefficient (Wildman–Crippen LogP) is 8.48. The number of nitrogens with one attached hydrogen (secondary N) is 1. The van der Waals surface area contributed by atoms with E-state index in [-0.39, 0.29) is 22.2 Å². The minimum absolute atomic E-state index is 0.138. The summed E-state index contributed by atoms with van der Waals surface area (Å²) in [6.07, 6.45) is -0.749. The summed E-state index contributed by atoms with van der Waals surface area (Å²) in [5, 5.41) is 12.9. The molecule has 9 rings (SSSR count). The number of oxime groups is 1. The average Bonchev–Trinajstić information content (AvgIpc) is 3.98. The molecule has 0 spiro atoms. The Balaban J connectivity index is 1.04. The van der Waals surface area contributed by atoms with Crippen LogP contribution in [0.5, 0.6) is 0 Å². The molecular formula is C48H39N7O5S4. The van der Waals surface area contributed by atoms with E-state index in [9.17, 15) is 14.4 Å². The summed E-state index contributed by atoms with van der Waals surface area (Å²) >= 11 is 5.32. The maximum atomic E-state index is 14.6. The molecule has 2 amide bonds. The summed E-state index contributed by atoms with van der Waals surface area (Å²) in [7, 11) is 0. The van der Waals surface area contributed by atoms with Gasteiger partial charge in [-0.25, -0.2) is 9.78 Å². The van der Waals surface area contributed by atoms with Gasteiger partial charge in [-0.1, -0.05) is 161 Å². The van der Waals surface area contributed by atoms with Crippen LogP contribution >= 0.6 is 46.4 Å². The number of β-lactam (4-membered cyclic amide) rings is 1. The summed E-state index contributed by atoms with van der Waals surface area (Å²) in [6, 6.07) is 46.8. The largest absolute Gasteiger partial charge is 0.448 e. The number of nitrogen functional groups attached to an aromatic ring is 1. The van der Waals surface area contributed by atoms with Gasteiger partial charge in [0.25, 0.3) is 11.8 Å². The first kappa shape index (κ1) is 42.7. The second kappa shape index (κ2) is 19.0. The Morgan fingerprint density at radius 3 is 1.91 bits per heavy atom. The maximum Gasteiger partial charge on any atom is 0.356 e. The second-order valence-electron chi connectivity index (χ2n) is 14.7. The van der Waals surface area contributed by atoms with Crippen LogP contribution in [0.15, 0.2) is 173 Å². The first-order valence-electron chi connectivity index (χ1n) is 20.2. The van der Waals surface area contributed by atoms with E-state index >= 15 is 0 Å². The molecule has 0 bridgehead atoms. The van der Waals surface area contributed by atoms with Crippen LogP contribution in [0.25, 0.3) is 0 Å². The highest BCUT2D eigenvalue weighted by atomic mass is 32.2. The van der Waals surface area contributed by atoms with Crippen molar-refractivity contribution in [2.45, 2.75) is 35.8 Å². The quantitative estimate of drug-likeness (QED) is 0.0334. The van der Waals surface area contributed by atoms with Crippen molar-refractivity contribution in [3.05, 3.63) is 212 Å². The van der Waals surface area contributed by atoms with Crippen molar-refractivity contribution in [3.8, 4) is 0 Å². The van der Waals surface area contributed by atoms with E-state index in [1.807, 2.05) is 159 Å². The molecular weight excluding hydrogens is 883 g/mol. The van der Waals surface area contributed by atoms with Crippen molar-refractivity contribution in [3.63, 3.8) is 0 Å². The molecule has 320 valence electrons. The number of aryl methyl sites for hydroxylation is 1. The van der Waals surface area contributed by atoms with Crippen LogP contribution in [-0.2, 0) is 35.3 Å². The Labute approximate surface area is 385 Å². The fourth-order valence-corrected chi connectivity index (χ4v) is 11.5. The van der Waals surface area contributed by atoms with Crippen LogP contribution in [0.3, 0.4) is 0 Å². The van der Waals surface area contributed by atoms with E-state index in [1.165, 1.54) is 40.0 Å². The number of benzene rings is 5. The number of fused-ring (bicyclic) bond motifs is 1. The number of carbonyl (C=O) groups is 3. The molecule has 0 saturated carbocycles. The number of thiazole rings is 1. The lowest BCUT2D eigenvalue weighted by atomic mass is 9.80. The number of nitrogens with two attached hydrogens (primary N) is 1. The van der Waals surface area contributed by atoms with Gasteiger partial charge in [-0.05, 0) is 29.6 Å². The van der Waals surface area contributed by atoms with E-state index in [2.05, 4.69) is 25.0 Å². The lowest BCUT2D eigenvalue weighted by Gasteiger charge is -2.49. The zero-order valence-corrected chi connectivity index (χ0v) is 37.4. The number of nitrogens with zero attached hydrogens (tertiary/aromatic N) is 5. The zero-order chi connectivity index (χ0) is 44.0. The number of ether oxygens (including phenoxy) is 1. The highest BCUT2D eigenvalue weighted by Crippen LogP contribution is 2.46. The smallest absolute Gasteiger partial charge is 0.356 e. The highest BCUT2D eigenvalue weighted by Gasteiger charge is 2.55. The van der Waals surface area contributed by atoms with Gasteiger partial charge >= 0.3 is 5.97 Å². The Kier molecular flexibility index (Phi) is 12.7. The molecule has 0 radical (unpaired) electrons. The van der Waals surface area contributed by atoms with Gasteiger partial charge in [0.15, 0.2) is 16.9 Å². The average molecular weight is 922 g/mol. The van der Waals surface area contributed by atoms with Gasteiger partial charge in [-0.2, -0.15) is 0 Å². The van der Waals surface area contributed by atoms with E-state index in [0.29, 0.717) is 16.4 Å². The lowest BCUT2D eigenvalue weighted by molar-refractivity contribution is -0.154. The molecule has 64 heavy (non-hydrogen) atoms. The van der Waals surface area contributed by atoms with Crippen LogP contribution in [0, 0.1) is 6.92 Å². The van der Waals surface area contributed by atoms with E-state index in [0.717, 1.165) is 49.7 Å². The van der Waals surface area contributed by atoms with Gasteiger partial charge in [0.2, 0.25) is 5.60 Å². The zero-order valence-electron chi connectivity index (χ0n) is 34.1. The Hall–Kier alpha value is -6.59. The molecule has 0 unspecified atom stereocenters. The van der Waals surface area contributed by atoms with Gasteiger partial charge in [0.1, 0.15) is 22.8 Å². The van der Waals surface area contributed by atoms with Crippen LogP contribution in [0.1, 0.15) is 50.2 Å². The first-order chi connectivity index (χ1) is 31.3. The number of hydrogen-bond acceptors (Lipinski definition) is 14. The van der Waals surface area contributed by atoms with Crippen molar-refractivity contribution in [2.75, 3.05) is 11.5 Å². The van der Waals surface area contributed by atoms with Crippen LogP contribution in [0.4, 0.5) is 5.13 Å². The summed E-state index contributed by atoms with van der Waals surface area (Å²) < 4.78 is 10.4. The molecule has 2 atom stereocenters. The van der Waals surface area contributed by atoms with Gasteiger partial charge in [-0.3, -0.25) is 14.5 Å². The van der Waals surface area contributed by atoms with Crippen molar-refractivity contribution in [2.24, 2.45) is 5.16 Å². The summed E-state index contributed by atoms with van der Waals surface area (Å²) in [5.41, 5.74) is 9.58. The molecule has 12 nitrogen and oxygen atoms in total. The number of anilines is 1. The predicted molar refractivity (Wildman–Crippen MR) is 252 cm³/mol. The maximum absolute atomic E-state index is 14.6. The van der Waals surface area contributed by atoms with Gasteiger partial charge < -0.3 is 20.6 Å². The summed E-state index contributed by atoms with van der Waals surface area (Å²) in [5.74, 6) is -0.968. The topological polar surface area (TPSA) is 162 Å². The Bertz CT molecular complexity index is 2690. The molecule has 2 aliphatic rings. The molecule has 7 aromatic rings. The fraction of sp³-hybridized carbons (Fsp3) is 0.146. The number of carbonyl (C=O) groups excluding carboxylic acids is 3. The van der Waals surface area contributed by atoms with Crippen LogP contribution in [-0.4, -0.2) is 60.1 Å². The van der Waals surface area contributed by atoms with Gasteiger partial charge in [0, 0.05) is 38.5 Å². The third-order valence-corrected chi connectivity index (χ3v) is 15.0. The molecule has 0 aliphatic carbocycles. The number of hydrogen-bond donors (Lipinski definition) is 2.